The van der Waals surface area contributed by atoms with Gasteiger partial charge in [-0.05, 0) is 49.4 Å². The van der Waals surface area contributed by atoms with Gasteiger partial charge in [-0.3, -0.25) is 4.79 Å². The summed E-state index contributed by atoms with van der Waals surface area (Å²) in [7, 11) is 3.46. The van der Waals surface area contributed by atoms with Crippen molar-refractivity contribution < 1.29 is 9.53 Å². The summed E-state index contributed by atoms with van der Waals surface area (Å²) >= 11 is 1.74. The van der Waals surface area contributed by atoms with Crippen LogP contribution in [-0.2, 0) is 11.2 Å². The third-order valence-electron chi connectivity index (χ3n) is 4.00. The number of guanidine groups is 1. The molecule has 1 heterocycles. The van der Waals surface area contributed by atoms with E-state index in [4.69, 9.17) is 4.74 Å². The largest absolute Gasteiger partial charge is 0.489 e. The Morgan fingerprint density at radius 3 is 2.75 bits per heavy atom. The van der Waals surface area contributed by atoms with Gasteiger partial charge in [0.15, 0.2) is 5.96 Å². The SMILES string of the molecule is Cc1cccc(OC(C)CNC(=NCC(=O)N(C)C)NCCc2cccs2)c1. The van der Waals surface area contributed by atoms with Crippen molar-refractivity contribution in [2.24, 2.45) is 4.99 Å². The van der Waals surface area contributed by atoms with Crippen molar-refractivity contribution in [2.75, 3.05) is 33.7 Å². The Morgan fingerprint density at radius 1 is 1.25 bits per heavy atom. The highest BCUT2D eigenvalue weighted by atomic mass is 32.1. The second kappa shape index (κ2) is 11.3. The Balaban J connectivity index is 1.87. The zero-order chi connectivity index (χ0) is 20.4. The predicted octanol–water partition coefficient (Wildman–Crippen LogP) is 2.69. The number of amides is 1. The molecule has 0 saturated carbocycles. The van der Waals surface area contributed by atoms with E-state index in [2.05, 4.69) is 27.1 Å². The molecule has 0 spiro atoms. The van der Waals surface area contributed by atoms with E-state index in [0.717, 1.165) is 24.3 Å². The zero-order valence-electron chi connectivity index (χ0n) is 17.1. The number of nitrogens with zero attached hydrogens (tertiary/aromatic N) is 2. The molecule has 1 aromatic carbocycles. The number of rotatable bonds is 9. The average Bonchev–Trinajstić information content (AvgIpc) is 3.16. The number of ether oxygens (including phenoxy) is 1. The average molecular weight is 403 g/mol. The van der Waals surface area contributed by atoms with Crippen molar-refractivity contribution in [1.82, 2.24) is 15.5 Å². The molecule has 6 nitrogen and oxygen atoms in total. The molecule has 0 aliphatic heterocycles. The summed E-state index contributed by atoms with van der Waals surface area (Å²) in [6.07, 6.45) is 0.866. The standard InChI is InChI=1S/C21H30N4O2S/c1-16-7-5-8-18(13-16)27-17(2)14-23-21(24-15-20(26)25(3)4)22-11-10-19-9-6-12-28-19/h5-9,12-13,17H,10-11,14-15H2,1-4H3,(H2,22,23,24). The highest BCUT2D eigenvalue weighted by Crippen LogP contribution is 2.13. The van der Waals surface area contributed by atoms with Crippen LogP contribution in [0.4, 0.5) is 0 Å². The molecular formula is C21H30N4O2S. The molecule has 2 aromatic rings. The van der Waals surface area contributed by atoms with Crippen LogP contribution in [0.25, 0.3) is 0 Å². The van der Waals surface area contributed by atoms with Crippen molar-refractivity contribution in [3.63, 3.8) is 0 Å². The third-order valence-corrected chi connectivity index (χ3v) is 4.94. The lowest BCUT2D eigenvalue weighted by Crippen LogP contribution is -2.43. The molecule has 0 aliphatic rings. The maximum absolute atomic E-state index is 11.9. The molecule has 1 atom stereocenters. The van der Waals surface area contributed by atoms with Crippen LogP contribution < -0.4 is 15.4 Å². The lowest BCUT2D eigenvalue weighted by molar-refractivity contribution is -0.127. The molecule has 1 unspecified atom stereocenters. The molecule has 0 radical (unpaired) electrons. The van der Waals surface area contributed by atoms with E-state index >= 15 is 0 Å². The van der Waals surface area contributed by atoms with E-state index in [1.165, 1.54) is 9.78 Å². The van der Waals surface area contributed by atoms with Crippen molar-refractivity contribution >= 4 is 23.2 Å². The normalized spacial score (nSPS) is 12.4. The lowest BCUT2D eigenvalue weighted by atomic mass is 10.2. The number of nitrogens with one attached hydrogen (secondary N) is 2. The summed E-state index contributed by atoms with van der Waals surface area (Å²) in [6.45, 7) is 5.47. The highest BCUT2D eigenvalue weighted by Gasteiger charge is 2.08. The van der Waals surface area contributed by atoms with Gasteiger partial charge in [-0.25, -0.2) is 4.99 Å². The van der Waals surface area contributed by atoms with Crippen LogP contribution in [-0.4, -0.2) is 56.6 Å². The first-order valence-electron chi connectivity index (χ1n) is 9.42. The van der Waals surface area contributed by atoms with Gasteiger partial charge in [0.1, 0.15) is 18.4 Å². The summed E-state index contributed by atoms with van der Waals surface area (Å²) in [5.74, 6) is 1.43. The van der Waals surface area contributed by atoms with Crippen LogP contribution in [0, 0.1) is 6.92 Å². The smallest absolute Gasteiger partial charge is 0.243 e. The van der Waals surface area contributed by atoms with Crippen LogP contribution in [0.1, 0.15) is 17.4 Å². The number of benzene rings is 1. The number of aliphatic imine (C=N–C) groups is 1. The number of carbonyl (C=O) groups excluding carboxylic acids is 1. The van der Waals surface area contributed by atoms with Gasteiger partial charge in [0, 0.05) is 25.5 Å². The fourth-order valence-electron chi connectivity index (χ4n) is 2.42. The maximum atomic E-state index is 11.9. The van der Waals surface area contributed by atoms with Crippen molar-refractivity contribution in [3.05, 3.63) is 52.2 Å². The molecule has 0 fully saturated rings. The first kappa shape index (κ1) is 21.8. The summed E-state index contributed by atoms with van der Waals surface area (Å²) < 4.78 is 5.95. The monoisotopic (exact) mass is 402 g/mol. The summed E-state index contributed by atoms with van der Waals surface area (Å²) in [4.78, 5) is 19.1. The number of hydrogen-bond donors (Lipinski definition) is 2. The second-order valence-electron chi connectivity index (χ2n) is 6.84. The molecule has 2 rings (SSSR count). The fourth-order valence-corrected chi connectivity index (χ4v) is 3.13. The summed E-state index contributed by atoms with van der Waals surface area (Å²) in [5, 5.41) is 8.65. The Morgan fingerprint density at radius 2 is 2.07 bits per heavy atom. The van der Waals surface area contributed by atoms with Gasteiger partial charge in [0.2, 0.25) is 5.91 Å². The number of likely N-dealkylation sites (N-methyl/N-ethyl adjacent to an activating group) is 1. The van der Waals surface area contributed by atoms with Gasteiger partial charge >= 0.3 is 0 Å². The quantitative estimate of drug-likeness (QED) is 0.500. The molecular weight excluding hydrogens is 372 g/mol. The maximum Gasteiger partial charge on any atom is 0.243 e. The molecule has 1 amide bonds. The summed E-state index contributed by atoms with van der Waals surface area (Å²) in [6, 6.07) is 12.2. The topological polar surface area (TPSA) is 66.0 Å². The minimum Gasteiger partial charge on any atom is -0.489 e. The van der Waals surface area contributed by atoms with E-state index in [1.54, 1.807) is 25.4 Å². The van der Waals surface area contributed by atoms with E-state index in [0.29, 0.717) is 12.5 Å². The Bertz CT molecular complexity index is 760. The predicted molar refractivity (Wildman–Crippen MR) is 116 cm³/mol. The van der Waals surface area contributed by atoms with Gasteiger partial charge in [0.05, 0.1) is 6.54 Å². The van der Waals surface area contributed by atoms with Crippen LogP contribution >= 0.6 is 11.3 Å². The Labute approximate surface area is 171 Å². The fraction of sp³-hybridized carbons (Fsp3) is 0.429. The van der Waals surface area contributed by atoms with Crippen LogP contribution in [0.5, 0.6) is 5.75 Å². The third kappa shape index (κ3) is 8.00. The molecule has 152 valence electrons. The van der Waals surface area contributed by atoms with Gasteiger partial charge in [-0.15, -0.1) is 11.3 Å². The van der Waals surface area contributed by atoms with E-state index in [-0.39, 0.29) is 18.6 Å². The van der Waals surface area contributed by atoms with Gasteiger partial charge in [0.25, 0.3) is 0 Å². The van der Waals surface area contributed by atoms with Gasteiger partial charge in [-0.1, -0.05) is 18.2 Å². The minimum atomic E-state index is -0.0457. The minimum absolute atomic E-state index is 0.0385. The number of hydrogen-bond acceptors (Lipinski definition) is 4. The molecule has 28 heavy (non-hydrogen) atoms. The highest BCUT2D eigenvalue weighted by molar-refractivity contribution is 7.09. The van der Waals surface area contributed by atoms with Crippen LogP contribution in [0.3, 0.4) is 0 Å². The molecule has 1 aromatic heterocycles. The zero-order valence-corrected chi connectivity index (χ0v) is 17.9. The lowest BCUT2D eigenvalue weighted by Gasteiger charge is -2.18. The molecule has 0 bridgehead atoms. The first-order chi connectivity index (χ1) is 13.4. The number of carbonyl (C=O) groups is 1. The second-order valence-corrected chi connectivity index (χ2v) is 7.87. The number of thiophene rings is 1. The van der Waals surface area contributed by atoms with E-state index in [9.17, 15) is 4.79 Å². The molecule has 7 heteroatoms. The van der Waals surface area contributed by atoms with Crippen LogP contribution in [0.15, 0.2) is 46.8 Å². The van der Waals surface area contributed by atoms with Crippen molar-refractivity contribution in [2.45, 2.75) is 26.4 Å². The Kier molecular flexibility index (Phi) is 8.81. The van der Waals surface area contributed by atoms with Gasteiger partial charge in [-0.2, -0.15) is 0 Å². The van der Waals surface area contributed by atoms with Gasteiger partial charge < -0.3 is 20.3 Å². The molecule has 2 N–H and O–H groups in total. The Hall–Kier alpha value is -2.54. The first-order valence-corrected chi connectivity index (χ1v) is 10.3. The van der Waals surface area contributed by atoms with Crippen molar-refractivity contribution in [1.29, 1.82) is 0 Å². The van der Waals surface area contributed by atoms with Crippen molar-refractivity contribution in [3.8, 4) is 5.75 Å². The van der Waals surface area contributed by atoms with E-state index in [1.807, 2.05) is 44.2 Å². The molecule has 0 aliphatic carbocycles. The number of aryl methyl sites for hydroxylation is 1. The van der Waals surface area contributed by atoms with E-state index < -0.39 is 0 Å². The molecule has 0 saturated heterocycles. The van der Waals surface area contributed by atoms with Crippen LogP contribution in [0.2, 0.25) is 0 Å². The summed E-state index contributed by atoms with van der Waals surface area (Å²) in [5.41, 5.74) is 1.16.